The number of likely N-dealkylation sites (tertiary alicyclic amines) is 1. The standard InChI is InChI=1S/C14H27NO2/c1-4-7-14(8-5-2)10-15(11-14)12(6-3)9-13(16)17/h12H,4-11H2,1-3H3,(H,16,17). The van der Waals surface area contributed by atoms with Crippen LogP contribution < -0.4 is 0 Å². The van der Waals surface area contributed by atoms with Gasteiger partial charge in [-0.05, 0) is 24.7 Å². The monoisotopic (exact) mass is 241 g/mol. The van der Waals surface area contributed by atoms with Gasteiger partial charge in [0, 0.05) is 19.1 Å². The average molecular weight is 241 g/mol. The van der Waals surface area contributed by atoms with Crippen molar-refractivity contribution in [3.8, 4) is 0 Å². The van der Waals surface area contributed by atoms with Crippen molar-refractivity contribution >= 4 is 5.97 Å². The fourth-order valence-electron chi connectivity index (χ4n) is 3.31. The number of hydrogen-bond acceptors (Lipinski definition) is 2. The van der Waals surface area contributed by atoms with Crippen molar-refractivity contribution in [1.29, 1.82) is 0 Å². The topological polar surface area (TPSA) is 40.5 Å². The molecule has 1 saturated heterocycles. The second-order valence-electron chi connectivity index (χ2n) is 5.56. The Balaban J connectivity index is 2.48. The first kappa shape index (κ1) is 14.5. The molecule has 1 aliphatic heterocycles. The highest BCUT2D eigenvalue weighted by molar-refractivity contribution is 5.67. The van der Waals surface area contributed by atoms with Crippen LogP contribution in [0.25, 0.3) is 0 Å². The van der Waals surface area contributed by atoms with E-state index in [2.05, 4.69) is 25.7 Å². The third-order valence-corrected chi connectivity index (χ3v) is 4.04. The lowest BCUT2D eigenvalue weighted by Crippen LogP contribution is -2.60. The molecule has 0 aliphatic carbocycles. The predicted octanol–water partition coefficient (Wildman–Crippen LogP) is 3.14. The summed E-state index contributed by atoms with van der Waals surface area (Å²) in [6.45, 7) is 8.80. The van der Waals surface area contributed by atoms with Crippen molar-refractivity contribution in [1.82, 2.24) is 4.90 Å². The van der Waals surface area contributed by atoms with Gasteiger partial charge in [0.2, 0.25) is 0 Å². The fourth-order valence-corrected chi connectivity index (χ4v) is 3.31. The molecule has 1 fully saturated rings. The van der Waals surface area contributed by atoms with E-state index in [0.717, 1.165) is 19.5 Å². The van der Waals surface area contributed by atoms with Gasteiger partial charge in [-0.1, -0.05) is 33.6 Å². The molecule has 0 saturated carbocycles. The number of nitrogens with zero attached hydrogens (tertiary/aromatic N) is 1. The van der Waals surface area contributed by atoms with Crippen LogP contribution in [0.2, 0.25) is 0 Å². The summed E-state index contributed by atoms with van der Waals surface area (Å²) >= 11 is 0. The summed E-state index contributed by atoms with van der Waals surface area (Å²) in [5, 5.41) is 8.89. The van der Waals surface area contributed by atoms with Crippen molar-refractivity contribution in [2.24, 2.45) is 5.41 Å². The Bertz CT molecular complexity index is 239. The molecule has 1 aliphatic rings. The van der Waals surface area contributed by atoms with Crippen LogP contribution >= 0.6 is 0 Å². The lowest BCUT2D eigenvalue weighted by Gasteiger charge is -2.53. The van der Waals surface area contributed by atoms with E-state index in [4.69, 9.17) is 5.11 Å². The van der Waals surface area contributed by atoms with E-state index < -0.39 is 5.97 Å². The normalized spacial score (nSPS) is 20.9. The number of carboxylic acid groups (broad SMARTS) is 1. The van der Waals surface area contributed by atoms with Crippen LogP contribution in [0.1, 0.15) is 59.3 Å². The van der Waals surface area contributed by atoms with Crippen molar-refractivity contribution in [2.75, 3.05) is 13.1 Å². The molecule has 0 spiro atoms. The molecule has 1 rings (SSSR count). The Labute approximate surface area is 105 Å². The van der Waals surface area contributed by atoms with Gasteiger partial charge in [-0.3, -0.25) is 9.69 Å². The SMILES string of the molecule is CCCC1(CCC)CN(C(CC)CC(=O)O)C1. The van der Waals surface area contributed by atoms with Gasteiger partial charge in [-0.15, -0.1) is 0 Å². The summed E-state index contributed by atoms with van der Waals surface area (Å²) in [6.07, 6.45) is 6.31. The quantitative estimate of drug-likeness (QED) is 0.709. The first-order valence-corrected chi connectivity index (χ1v) is 7.02. The van der Waals surface area contributed by atoms with E-state index in [1.807, 2.05) is 0 Å². The van der Waals surface area contributed by atoms with Crippen LogP contribution in [-0.4, -0.2) is 35.1 Å². The second-order valence-corrected chi connectivity index (χ2v) is 5.56. The Morgan fingerprint density at radius 1 is 1.24 bits per heavy atom. The minimum Gasteiger partial charge on any atom is -0.481 e. The van der Waals surface area contributed by atoms with Crippen molar-refractivity contribution in [3.63, 3.8) is 0 Å². The van der Waals surface area contributed by atoms with Crippen LogP contribution in [0.3, 0.4) is 0 Å². The van der Waals surface area contributed by atoms with Gasteiger partial charge in [0.25, 0.3) is 0 Å². The summed E-state index contributed by atoms with van der Waals surface area (Å²) < 4.78 is 0. The highest BCUT2D eigenvalue weighted by atomic mass is 16.4. The Morgan fingerprint density at radius 2 is 1.76 bits per heavy atom. The van der Waals surface area contributed by atoms with Gasteiger partial charge in [0.1, 0.15) is 0 Å². The summed E-state index contributed by atoms with van der Waals surface area (Å²) in [7, 11) is 0. The van der Waals surface area contributed by atoms with Crippen molar-refractivity contribution in [2.45, 2.75) is 65.3 Å². The van der Waals surface area contributed by atoms with Crippen LogP contribution in [-0.2, 0) is 4.79 Å². The van der Waals surface area contributed by atoms with Crippen LogP contribution in [0, 0.1) is 5.41 Å². The maximum atomic E-state index is 10.8. The molecule has 1 unspecified atom stereocenters. The Hall–Kier alpha value is -0.570. The molecule has 0 radical (unpaired) electrons. The molecule has 0 aromatic carbocycles. The van der Waals surface area contributed by atoms with E-state index in [9.17, 15) is 4.79 Å². The van der Waals surface area contributed by atoms with Crippen molar-refractivity contribution < 1.29 is 9.90 Å². The van der Waals surface area contributed by atoms with Gasteiger partial charge in [-0.2, -0.15) is 0 Å². The molecule has 0 aromatic rings. The maximum absolute atomic E-state index is 10.8. The highest BCUT2D eigenvalue weighted by Crippen LogP contribution is 2.41. The molecule has 3 nitrogen and oxygen atoms in total. The largest absolute Gasteiger partial charge is 0.481 e. The third kappa shape index (κ3) is 3.70. The van der Waals surface area contributed by atoms with E-state index in [1.165, 1.54) is 25.7 Å². The molecule has 3 heteroatoms. The van der Waals surface area contributed by atoms with Gasteiger partial charge < -0.3 is 5.11 Å². The zero-order valence-electron chi connectivity index (χ0n) is 11.5. The molecule has 1 heterocycles. The lowest BCUT2D eigenvalue weighted by atomic mass is 9.71. The van der Waals surface area contributed by atoms with E-state index >= 15 is 0 Å². The molecule has 17 heavy (non-hydrogen) atoms. The first-order valence-electron chi connectivity index (χ1n) is 7.02. The lowest BCUT2D eigenvalue weighted by molar-refractivity contribution is -0.140. The molecule has 1 N–H and O–H groups in total. The van der Waals surface area contributed by atoms with Gasteiger partial charge in [0.05, 0.1) is 6.42 Å². The summed E-state index contributed by atoms with van der Waals surface area (Å²) in [4.78, 5) is 13.2. The third-order valence-electron chi connectivity index (χ3n) is 4.04. The average Bonchev–Trinajstić information content (AvgIpc) is 2.22. The Morgan fingerprint density at radius 3 is 2.12 bits per heavy atom. The minimum absolute atomic E-state index is 0.245. The summed E-state index contributed by atoms with van der Waals surface area (Å²) in [5.74, 6) is -0.666. The molecular weight excluding hydrogens is 214 g/mol. The molecular formula is C14H27NO2. The molecule has 0 aromatic heterocycles. The molecule has 1 atom stereocenters. The maximum Gasteiger partial charge on any atom is 0.304 e. The van der Waals surface area contributed by atoms with Crippen LogP contribution in [0.4, 0.5) is 0 Å². The van der Waals surface area contributed by atoms with Crippen LogP contribution in [0.15, 0.2) is 0 Å². The first-order chi connectivity index (χ1) is 8.06. The number of hydrogen-bond donors (Lipinski definition) is 1. The molecule has 100 valence electrons. The second kappa shape index (κ2) is 6.39. The highest BCUT2D eigenvalue weighted by Gasteiger charge is 2.43. The van der Waals surface area contributed by atoms with E-state index in [1.54, 1.807) is 0 Å². The zero-order chi connectivity index (χ0) is 12.9. The summed E-state index contributed by atoms with van der Waals surface area (Å²) in [6, 6.07) is 0.245. The number of rotatable bonds is 8. The zero-order valence-corrected chi connectivity index (χ0v) is 11.5. The van der Waals surface area contributed by atoms with E-state index in [0.29, 0.717) is 11.8 Å². The fraction of sp³-hybridized carbons (Fsp3) is 0.929. The summed E-state index contributed by atoms with van der Waals surface area (Å²) in [5.41, 5.74) is 0.495. The van der Waals surface area contributed by atoms with Gasteiger partial charge in [0.15, 0.2) is 0 Å². The molecule has 0 bridgehead atoms. The number of aliphatic carboxylic acids is 1. The smallest absolute Gasteiger partial charge is 0.304 e. The van der Waals surface area contributed by atoms with Gasteiger partial charge in [-0.25, -0.2) is 0 Å². The minimum atomic E-state index is -0.666. The van der Waals surface area contributed by atoms with Gasteiger partial charge >= 0.3 is 5.97 Å². The van der Waals surface area contributed by atoms with E-state index in [-0.39, 0.29) is 6.04 Å². The van der Waals surface area contributed by atoms with Crippen LogP contribution in [0.5, 0.6) is 0 Å². The Kier molecular flexibility index (Phi) is 5.44. The molecule has 0 amide bonds. The number of carboxylic acids is 1. The predicted molar refractivity (Wildman–Crippen MR) is 70.2 cm³/mol. The number of carbonyl (C=O) groups is 1. The van der Waals surface area contributed by atoms with Crippen molar-refractivity contribution in [3.05, 3.63) is 0 Å².